The number of hydrogen-bond acceptors (Lipinski definition) is 4. The molecule has 1 aliphatic carbocycles. The first-order valence-electron chi connectivity index (χ1n) is 11.5. The fraction of sp³-hybridized carbons (Fsp3) is 0.542. The summed E-state index contributed by atoms with van der Waals surface area (Å²) in [7, 11) is 1.73. The van der Waals surface area contributed by atoms with Crippen LogP contribution in [0, 0.1) is 12.8 Å². The van der Waals surface area contributed by atoms with Crippen molar-refractivity contribution in [3.05, 3.63) is 56.2 Å². The zero-order valence-electron chi connectivity index (χ0n) is 18.7. The third-order valence-corrected chi connectivity index (χ3v) is 6.91. The van der Waals surface area contributed by atoms with Gasteiger partial charge in [-0.3, -0.25) is 13.9 Å². The Hall–Kier alpha value is -2.83. The molecule has 0 saturated heterocycles. The Morgan fingerprint density at radius 1 is 1.10 bits per heavy atom. The van der Waals surface area contributed by atoms with Crippen molar-refractivity contribution in [2.45, 2.75) is 65.1 Å². The summed E-state index contributed by atoms with van der Waals surface area (Å²) in [6.45, 7) is 6.23. The second-order valence-corrected chi connectivity index (χ2v) is 9.47. The molecular weight excluding hydrogens is 390 g/mol. The molecular formula is C24H31N5O2. The van der Waals surface area contributed by atoms with Crippen molar-refractivity contribution in [1.29, 1.82) is 0 Å². The molecule has 1 atom stereocenters. The molecule has 164 valence electrons. The van der Waals surface area contributed by atoms with E-state index in [1.807, 2.05) is 31.2 Å². The molecule has 1 aliphatic heterocycles. The maximum Gasteiger partial charge on any atom is 0.332 e. The van der Waals surface area contributed by atoms with Gasteiger partial charge < -0.3 is 9.47 Å². The SMILES string of the molecule is Cc1cccc(Cn2c(=O)c3c(nc4n3C[C@H](C)CN4C3CCCCC3)n(C)c2=O)c1. The first-order valence-corrected chi connectivity index (χ1v) is 11.5. The Kier molecular flexibility index (Phi) is 4.99. The molecule has 3 heterocycles. The summed E-state index contributed by atoms with van der Waals surface area (Å²) in [5.41, 5.74) is 2.57. The van der Waals surface area contributed by atoms with Crippen LogP contribution in [-0.2, 0) is 20.1 Å². The number of benzene rings is 1. The van der Waals surface area contributed by atoms with Gasteiger partial charge in [0.25, 0.3) is 5.56 Å². The molecule has 2 aliphatic rings. The van der Waals surface area contributed by atoms with Gasteiger partial charge in [-0.2, -0.15) is 4.98 Å². The van der Waals surface area contributed by atoms with Crippen LogP contribution in [0.15, 0.2) is 33.9 Å². The smallest absolute Gasteiger partial charge is 0.332 e. The summed E-state index contributed by atoms with van der Waals surface area (Å²) in [5.74, 6) is 1.29. The normalized spacial score (nSPS) is 19.7. The van der Waals surface area contributed by atoms with Crippen LogP contribution in [0.1, 0.15) is 50.2 Å². The van der Waals surface area contributed by atoms with E-state index in [2.05, 4.69) is 16.4 Å². The Labute approximate surface area is 181 Å². The Morgan fingerprint density at radius 2 is 1.87 bits per heavy atom. The van der Waals surface area contributed by atoms with Crippen LogP contribution >= 0.6 is 0 Å². The van der Waals surface area contributed by atoms with E-state index >= 15 is 0 Å². The highest BCUT2D eigenvalue weighted by Gasteiger charge is 2.33. The summed E-state index contributed by atoms with van der Waals surface area (Å²) < 4.78 is 4.98. The second kappa shape index (κ2) is 7.70. The molecule has 1 fully saturated rings. The summed E-state index contributed by atoms with van der Waals surface area (Å²) in [6, 6.07) is 8.43. The highest BCUT2D eigenvalue weighted by Crippen LogP contribution is 2.33. The summed E-state index contributed by atoms with van der Waals surface area (Å²) in [6.07, 6.45) is 6.14. The molecule has 0 radical (unpaired) electrons. The van der Waals surface area contributed by atoms with Crippen molar-refractivity contribution < 1.29 is 0 Å². The molecule has 5 rings (SSSR count). The molecule has 1 aromatic carbocycles. The minimum absolute atomic E-state index is 0.240. The van der Waals surface area contributed by atoms with E-state index in [-0.39, 0.29) is 17.8 Å². The zero-order valence-corrected chi connectivity index (χ0v) is 18.7. The molecule has 0 amide bonds. The standard InChI is InChI=1S/C24H31N5O2/c1-16-8-7-9-18(12-16)15-29-22(30)20-21(26(3)24(29)31)25-23-27(13-17(2)14-28(20)23)19-10-5-4-6-11-19/h7-9,12,17,19H,4-6,10-11,13-15H2,1-3H3/t17-/m1/s1. The number of aromatic nitrogens is 4. The Morgan fingerprint density at radius 3 is 2.61 bits per heavy atom. The maximum absolute atomic E-state index is 13.6. The first kappa shape index (κ1) is 20.1. The number of fused-ring (bicyclic) bond motifs is 3. The quantitative estimate of drug-likeness (QED) is 0.652. The number of hydrogen-bond donors (Lipinski definition) is 0. The van der Waals surface area contributed by atoms with Crippen LogP contribution in [0.3, 0.4) is 0 Å². The van der Waals surface area contributed by atoms with Gasteiger partial charge in [-0.15, -0.1) is 0 Å². The Bertz CT molecular complexity index is 1250. The highest BCUT2D eigenvalue weighted by molar-refractivity contribution is 5.75. The van der Waals surface area contributed by atoms with Crippen LogP contribution in [0.5, 0.6) is 0 Å². The van der Waals surface area contributed by atoms with Crippen LogP contribution < -0.4 is 16.1 Å². The molecule has 3 aromatic rings. The molecule has 0 bridgehead atoms. The van der Waals surface area contributed by atoms with E-state index in [1.54, 1.807) is 11.6 Å². The van der Waals surface area contributed by atoms with Gasteiger partial charge in [0.05, 0.1) is 6.54 Å². The van der Waals surface area contributed by atoms with Crippen LogP contribution in [-0.4, -0.2) is 31.3 Å². The van der Waals surface area contributed by atoms with Gasteiger partial charge in [0.2, 0.25) is 5.95 Å². The third kappa shape index (κ3) is 3.40. The summed E-state index contributed by atoms with van der Waals surface area (Å²) in [5, 5.41) is 0. The maximum atomic E-state index is 13.6. The lowest BCUT2D eigenvalue weighted by Gasteiger charge is -2.40. The first-order chi connectivity index (χ1) is 14.9. The number of aryl methyl sites for hydroxylation is 2. The third-order valence-electron chi connectivity index (χ3n) is 6.91. The van der Waals surface area contributed by atoms with Crippen molar-refractivity contribution in [2.75, 3.05) is 11.4 Å². The molecule has 1 saturated carbocycles. The van der Waals surface area contributed by atoms with Crippen LogP contribution in [0.2, 0.25) is 0 Å². The van der Waals surface area contributed by atoms with Crippen molar-refractivity contribution >= 4 is 17.1 Å². The highest BCUT2D eigenvalue weighted by atomic mass is 16.2. The number of imidazole rings is 1. The van der Waals surface area contributed by atoms with Gasteiger partial charge in [0.1, 0.15) is 0 Å². The van der Waals surface area contributed by atoms with Crippen molar-refractivity contribution in [1.82, 2.24) is 18.7 Å². The molecule has 31 heavy (non-hydrogen) atoms. The van der Waals surface area contributed by atoms with Gasteiger partial charge in [0.15, 0.2) is 11.2 Å². The van der Waals surface area contributed by atoms with E-state index < -0.39 is 0 Å². The average molecular weight is 422 g/mol. The van der Waals surface area contributed by atoms with Crippen LogP contribution in [0.4, 0.5) is 5.95 Å². The lowest BCUT2D eigenvalue weighted by atomic mass is 9.93. The van der Waals surface area contributed by atoms with E-state index in [0.717, 1.165) is 30.2 Å². The fourth-order valence-corrected chi connectivity index (χ4v) is 5.38. The predicted octanol–water partition coefficient (Wildman–Crippen LogP) is 3.04. The number of rotatable bonds is 3. The predicted molar refractivity (Wildman–Crippen MR) is 123 cm³/mol. The molecule has 0 N–H and O–H groups in total. The summed E-state index contributed by atoms with van der Waals surface area (Å²) in [4.78, 5) is 34.0. The zero-order chi connectivity index (χ0) is 21.7. The van der Waals surface area contributed by atoms with E-state index in [1.165, 1.54) is 36.7 Å². The van der Waals surface area contributed by atoms with Gasteiger partial charge in [0, 0.05) is 26.2 Å². The lowest BCUT2D eigenvalue weighted by molar-refractivity contribution is 0.354. The van der Waals surface area contributed by atoms with Crippen molar-refractivity contribution in [3.8, 4) is 0 Å². The molecule has 0 unspecified atom stereocenters. The lowest BCUT2D eigenvalue weighted by Crippen LogP contribution is -2.45. The largest absolute Gasteiger partial charge is 0.339 e. The van der Waals surface area contributed by atoms with Gasteiger partial charge in [-0.1, -0.05) is 56.0 Å². The molecule has 2 aromatic heterocycles. The minimum atomic E-state index is -0.313. The van der Waals surface area contributed by atoms with Crippen LogP contribution in [0.25, 0.3) is 11.2 Å². The molecule has 0 spiro atoms. The van der Waals surface area contributed by atoms with Crippen molar-refractivity contribution in [3.63, 3.8) is 0 Å². The number of nitrogens with zero attached hydrogens (tertiary/aromatic N) is 5. The van der Waals surface area contributed by atoms with Gasteiger partial charge in [-0.25, -0.2) is 4.79 Å². The van der Waals surface area contributed by atoms with Crippen molar-refractivity contribution in [2.24, 2.45) is 13.0 Å². The average Bonchev–Trinajstić information content (AvgIpc) is 3.15. The second-order valence-electron chi connectivity index (χ2n) is 9.47. The summed E-state index contributed by atoms with van der Waals surface area (Å²) >= 11 is 0. The Balaban J connectivity index is 1.67. The minimum Gasteiger partial charge on any atom is -0.339 e. The van der Waals surface area contributed by atoms with E-state index in [0.29, 0.717) is 23.1 Å². The van der Waals surface area contributed by atoms with Gasteiger partial charge in [-0.05, 0) is 31.2 Å². The van der Waals surface area contributed by atoms with E-state index in [4.69, 9.17) is 4.98 Å². The molecule has 7 nitrogen and oxygen atoms in total. The fourth-order valence-electron chi connectivity index (χ4n) is 5.38. The number of anilines is 1. The monoisotopic (exact) mass is 421 g/mol. The van der Waals surface area contributed by atoms with E-state index in [9.17, 15) is 9.59 Å². The molecule has 7 heteroatoms. The topological polar surface area (TPSA) is 65.1 Å². The van der Waals surface area contributed by atoms with Gasteiger partial charge >= 0.3 is 5.69 Å².